The zero-order valence-electron chi connectivity index (χ0n) is 10.9. The van der Waals surface area contributed by atoms with E-state index in [1.165, 1.54) is 11.3 Å². The maximum Gasteiger partial charge on any atom is 0.272 e. The molecule has 2 heterocycles. The van der Waals surface area contributed by atoms with E-state index in [1.807, 2.05) is 38.1 Å². The summed E-state index contributed by atoms with van der Waals surface area (Å²) in [6, 6.07) is 9.29. The van der Waals surface area contributed by atoms with Crippen molar-refractivity contribution in [3.05, 3.63) is 50.9 Å². The highest BCUT2D eigenvalue weighted by atomic mass is 35.5. The number of aryl methyl sites for hydroxylation is 1. The molecule has 19 heavy (non-hydrogen) atoms. The van der Waals surface area contributed by atoms with E-state index in [2.05, 4.69) is 4.98 Å². The van der Waals surface area contributed by atoms with Gasteiger partial charge in [-0.25, -0.2) is 4.98 Å². The minimum atomic E-state index is -0.0456. The third kappa shape index (κ3) is 3.55. The standard InChI is InChI=1S/C14H15ClN2OS/c1-3-17(9-11-7-8-13(15)19-11)14(18)12-6-4-5-10(2)16-12/h4-8H,3,9H2,1-2H3. The Balaban J connectivity index is 2.15. The SMILES string of the molecule is CCN(Cc1ccc(Cl)s1)C(=O)c1cccc(C)n1. The third-order valence-electron chi connectivity index (χ3n) is 2.75. The molecule has 0 spiro atoms. The summed E-state index contributed by atoms with van der Waals surface area (Å²) in [6.07, 6.45) is 0. The van der Waals surface area contributed by atoms with Crippen LogP contribution in [0.3, 0.4) is 0 Å². The number of carbonyl (C=O) groups is 1. The highest BCUT2D eigenvalue weighted by Crippen LogP contribution is 2.23. The van der Waals surface area contributed by atoms with Crippen LogP contribution < -0.4 is 0 Å². The molecule has 2 rings (SSSR count). The molecule has 0 unspecified atom stereocenters. The molecule has 0 aliphatic rings. The summed E-state index contributed by atoms with van der Waals surface area (Å²) in [5.41, 5.74) is 1.34. The van der Waals surface area contributed by atoms with E-state index in [1.54, 1.807) is 11.0 Å². The molecule has 0 radical (unpaired) electrons. The smallest absolute Gasteiger partial charge is 0.272 e. The number of nitrogens with zero attached hydrogens (tertiary/aromatic N) is 2. The summed E-state index contributed by atoms with van der Waals surface area (Å²) < 4.78 is 0.743. The van der Waals surface area contributed by atoms with Gasteiger partial charge in [0.15, 0.2) is 0 Å². The van der Waals surface area contributed by atoms with E-state index in [4.69, 9.17) is 11.6 Å². The Morgan fingerprint density at radius 1 is 1.37 bits per heavy atom. The lowest BCUT2D eigenvalue weighted by molar-refractivity contribution is 0.0748. The summed E-state index contributed by atoms with van der Waals surface area (Å²) in [5.74, 6) is -0.0456. The molecule has 0 saturated heterocycles. The van der Waals surface area contributed by atoms with Gasteiger partial charge in [0, 0.05) is 17.1 Å². The number of hydrogen-bond donors (Lipinski definition) is 0. The van der Waals surface area contributed by atoms with Crippen LogP contribution in [0.2, 0.25) is 4.34 Å². The zero-order valence-corrected chi connectivity index (χ0v) is 12.5. The summed E-state index contributed by atoms with van der Waals surface area (Å²) in [7, 11) is 0. The fraction of sp³-hybridized carbons (Fsp3) is 0.286. The number of aromatic nitrogens is 1. The quantitative estimate of drug-likeness (QED) is 0.860. The van der Waals surface area contributed by atoms with Crippen LogP contribution in [0, 0.1) is 6.92 Å². The van der Waals surface area contributed by atoms with Gasteiger partial charge in [-0.2, -0.15) is 0 Å². The minimum absolute atomic E-state index is 0.0456. The Kier molecular flexibility index (Phi) is 4.56. The molecule has 0 atom stereocenters. The van der Waals surface area contributed by atoms with Crippen LogP contribution >= 0.6 is 22.9 Å². The van der Waals surface area contributed by atoms with Crippen LogP contribution in [-0.2, 0) is 6.54 Å². The van der Waals surface area contributed by atoms with Crippen molar-refractivity contribution >= 4 is 28.8 Å². The Bertz CT molecular complexity index is 582. The number of hydrogen-bond acceptors (Lipinski definition) is 3. The minimum Gasteiger partial charge on any atom is -0.332 e. The maximum atomic E-state index is 12.4. The van der Waals surface area contributed by atoms with Gasteiger partial charge < -0.3 is 4.90 Å². The predicted molar refractivity (Wildman–Crippen MR) is 78.7 cm³/mol. The Labute approximate surface area is 121 Å². The number of amides is 1. The summed E-state index contributed by atoms with van der Waals surface area (Å²) in [5, 5.41) is 0. The highest BCUT2D eigenvalue weighted by Gasteiger charge is 2.16. The van der Waals surface area contributed by atoms with Crippen molar-refractivity contribution < 1.29 is 4.79 Å². The van der Waals surface area contributed by atoms with Crippen LogP contribution in [0.1, 0.15) is 28.0 Å². The lowest BCUT2D eigenvalue weighted by Gasteiger charge is -2.19. The molecule has 1 amide bonds. The first-order valence-corrected chi connectivity index (χ1v) is 7.26. The molecular formula is C14H15ClN2OS. The Morgan fingerprint density at radius 2 is 2.16 bits per heavy atom. The first-order valence-electron chi connectivity index (χ1n) is 6.07. The molecular weight excluding hydrogens is 280 g/mol. The molecule has 5 heteroatoms. The second kappa shape index (κ2) is 6.17. The van der Waals surface area contributed by atoms with E-state index >= 15 is 0 Å². The summed E-state index contributed by atoms with van der Waals surface area (Å²) >= 11 is 7.41. The van der Waals surface area contributed by atoms with E-state index in [-0.39, 0.29) is 5.91 Å². The van der Waals surface area contributed by atoms with Gasteiger partial charge in [0.05, 0.1) is 10.9 Å². The maximum absolute atomic E-state index is 12.4. The fourth-order valence-electron chi connectivity index (χ4n) is 1.78. The summed E-state index contributed by atoms with van der Waals surface area (Å²) in [4.78, 5) is 19.5. The number of pyridine rings is 1. The van der Waals surface area contributed by atoms with Gasteiger partial charge in [0.25, 0.3) is 5.91 Å². The van der Waals surface area contributed by atoms with Gasteiger partial charge in [0.1, 0.15) is 5.69 Å². The van der Waals surface area contributed by atoms with Gasteiger partial charge in [-0.3, -0.25) is 4.79 Å². The lowest BCUT2D eigenvalue weighted by Crippen LogP contribution is -2.30. The van der Waals surface area contributed by atoms with Crippen LogP contribution in [0.25, 0.3) is 0 Å². The normalized spacial score (nSPS) is 10.5. The summed E-state index contributed by atoms with van der Waals surface area (Å²) in [6.45, 7) is 5.06. The number of thiophene rings is 1. The molecule has 0 N–H and O–H groups in total. The fourth-order valence-corrected chi connectivity index (χ4v) is 2.88. The van der Waals surface area contributed by atoms with Crippen molar-refractivity contribution in [3.63, 3.8) is 0 Å². The number of rotatable bonds is 4. The van der Waals surface area contributed by atoms with Crippen molar-refractivity contribution in [1.29, 1.82) is 0 Å². The lowest BCUT2D eigenvalue weighted by atomic mass is 10.2. The van der Waals surface area contributed by atoms with Gasteiger partial charge >= 0.3 is 0 Å². The van der Waals surface area contributed by atoms with Crippen LogP contribution in [0.15, 0.2) is 30.3 Å². The van der Waals surface area contributed by atoms with Gasteiger partial charge in [-0.05, 0) is 38.1 Å². The van der Waals surface area contributed by atoms with Crippen molar-refractivity contribution in [2.24, 2.45) is 0 Å². The van der Waals surface area contributed by atoms with E-state index in [9.17, 15) is 4.79 Å². The van der Waals surface area contributed by atoms with E-state index in [0.29, 0.717) is 18.8 Å². The van der Waals surface area contributed by atoms with Crippen molar-refractivity contribution in [3.8, 4) is 0 Å². The molecule has 100 valence electrons. The van der Waals surface area contributed by atoms with Crippen molar-refractivity contribution in [2.75, 3.05) is 6.54 Å². The number of halogens is 1. The monoisotopic (exact) mass is 294 g/mol. The zero-order chi connectivity index (χ0) is 13.8. The second-order valence-electron chi connectivity index (χ2n) is 4.19. The van der Waals surface area contributed by atoms with Gasteiger partial charge in [-0.15, -0.1) is 11.3 Å². The average Bonchev–Trinajstić information content (AvgIpc) is 2.81. The molecule has 0 aromatic carbocycles. The Hall–Kier alpha value is -1.39. The first-order chi connectivity index (χ1) is 9.10. The molecule has 0 fully saturated rings. The third-order valence-corrected chi connectivity index (χ3v) is 3.97. The van der Waals surface area contributed by atoms with Crippen molar-refractivity contribution in [2.45, 2.75) is 20.4 Å². The van der Waals surface area contributed by atoms with Crippen molar-refractivity contribution in [1.82, 2.24) is 9.88 Å². The predicted octanol–water partition coefficient (Wildman–Crippen LogP) is 3.77. The molecule has 0 saturated carbocycles. The number of carbonyl (C=O) groups excluding carboxylic acids is 1. The topological polar surface area (TPSA) is 33.2 Å². The molecule has 2 aromatic rings. The Morgan fingerprint density at radius 3 is 2.74 bits per heavy atom. The molecule has 0 bridgehead atoms. The molecule has 0 aliphatic carbocycles. The van der Waals surface area contributed by atoms with Gasteiger partial charge in [-0.1, -0.05) is 17.7 Å². The van der Waals surface area contributed by atoms with Crippen LogP contribution in [0.5, 0.6) is 0 Å². The van der Waals surface area contributed by atoms with Crippen LogP contribution in [0.4, 0.5) is 0 Å². The average molecular weight is 295 g/mol. The van der Waals surface area contributed by atoms with E-state index < -0.39 is 0 Å². The van der Waals surface area contributed by atoms with Crippen LogP contribution in [-0.4, -0.2) is 22.3 Å². The largest absolute Gasteiger partial charge is 0.332 e. The molecule has 0 aliphatic heterocycles. The van der Waals surface area contributed by atoms with E-state index in [0.717, 1.165) is 14.9 Å². The van der Waals surface area contributed by atoms with Gasteiger partial charge in [0.2, 0.25) is 0 Å². The molecule has 3 nitrogen and oxygen atoms in total. The highest BCUT2D eigenvalue weighted by molar-refractivity contribution is 7.16. The first kappa shape index (κ1) is 14.0. The molecule has 2 aromatic heterocycles. The second-order valence-corrected chi connectivity index (χ2v) is 5.99.